The summed E-state index contributed by atoms with van der Waals surface area (Å²) < 4.78 is 6.93. The van der Waals surface area contributed by atoms with E-state index in [1.165, 1.54) is 0 Å². The van der Waals surface area contributed by atoms with Crippen LogP contribution >= 0.6 is 0 Å². The van der Waals surface area contributed by atoms with Crippen molar-refractivity contribution in [2.45, 2.75) is 19.8 Å². The minimum Gasteiger partial charge on any atom is -0.454 e. The highest BCUT2D eigenvalue weighted by Crippen LogP contribution is 2.32. The first kappa shape index (κ1) is 18.6. The first-order valence-corrected chi connectivity index (χ1v) is 9.20. The van der Waals surface area contributed by atoms with Gasteiger partial charge in [0.15, 0.2) is 12.4 Å². The number of anilines is 1. The summed E-state index contributed by atoms with van der Waals surface area (Å²) in [6.45, 7) is 3.35. The number of Topliss-reactive ketones (excluding diaryl/α,β-unsaturated/α-hetero) is 1. The molecule has 146 valence electrons. The minimum absolute atomic E-state index is 0.0928. The van der Waals surface area contributed by atoms with Gasteiger partial charge in [0.05, 0.1) is 17.2 Å². The summed E-state index contributed by atoms with van der Waals surface area (Å²) in [6.07, 6.45) is 1.70. The summed E-state index contributed by atoms with van der Waals surface area (Å²) in [5.74, 6) is -1.30. The number of hydrogen-bond donors (Lipinski definition) is 1. The van der Waals surface area contributed by atoms with Gasteiger partial charge in [0.1, 0.15) is 0 Å². The molecule has 0 unspecified atom stereocenters. The van der Waals surface area contributed by atoms with Crippen molar-refractivity contribution in [3.8, 4) is 5.69 Å². The van der Waals surface area contributed by atoms with Gasteiger partial charge in [0.2, 0.25) is 5.91 Å². The standard InChI is InChI=1S/C22H19N3O4/c1-13-9-10-23-25(13)17-6-3-15(4-7-17)22(28)29-12-20(26)16-5-8-19-18(11-16)14(2)21(27)24-19/h3-11,14H,12H2,1-2H3,(H,24,27)/t14-/m0/s1. The van der Waals surface area contributed by atoms with Crippen molar-refractivity contribution in [3.05, 3.63) is 77.1 Å². The summed E-state index contributed by atoms with van der Waals surface area (Å²) in [5.41, 5.74) is 4.05. The van der Waals surface area contributed by atoms with Gasteiger partial charge in [-0.15, -0.1) is 0 Å². The molecule has 1 amide bonds. The van der Waals surface area contributed by atoms with E-state index in [1.807, 2.05) is 13.0 Å². The number of fused-ring (bicyclic) bond motifs is 1. The Morgan fingerprint density at radius 3 is 2.52 bits per heavy atom. The lowest BCUT2D eigenvalue weighted by atomic mass is 9.99. The van der Waals surface area contributed by atoms with Gasteiger partial charge in [0.25, 0.3) is 0 Å². The van der Waals surface area contributed by atoms with E-state index in [0.717, 1.165) is 16.9 Å². The van der Waals surface area contributed by atoms with Crippen LogP contribution in [-0.2, 0) is 9.53 Å². The van der Waals surface area contributed by atoms with Crippen LogP contribution in [-0.4, -0.2) is 34.0 Å². The summed E-state index contributed by atoms with van der Waals surface area (Å²) in [6, 6.07) is 13.7. The quantitative estimate of drug-likeness (QED) is 0.534. The number of amides is 1. The van der Waals surface area contributed by atoms with E-state index in [4.69, 9.17) is 4.74 Å². The number of esters is 1. The van der Waals surface area contributed by atoms with Gasteiger partial charge in [-0.2, -0.15) is 5.10 Å². The maximum atomic E-state index is 12.4. The fourth-order valence-corrected chi connectivity index (χ4v) is 3.27. The van der Waals surface area contributed by atoms with Crippen molar-refractivity contribution < 1.29 is 19.1 Å². The van der Waals surface area contributed by atoms with Gasteiger partial charge >= 0.3 is 5.97 Å². The Hall–Kier alpha value is -3.74. The molecule has 1 N–H and O–H groups in total. The van der Waals surface area contributed by atoms with Crippen LogP contribution in [0.2, 0.25) is 0 Å². The Morgan fingerprint density at radius 1 is 1.10 bits per heavy atom. The number of rotatable bonds is 5. The molecule has 0 fully saturated rings. The predicted octanol–water partition coefficient (Wildman–Crippen LogP) is 3.28. The van der Waals surface area contributed by atoms with Crippen LogP contribution < -0.4 is 5.32 Å². The number of ketones is 1. The monoisotopic (exact) mass is 389 g/mol. The number of nitrogens with zero attached hydrogens (tertiary/aromatic N) is 2. The molecule has 0 spiro atoms. The average Bonchev–Trinajstić information content (AvgIpc) is 3.28. The number of ether oxygens (including phenoxy) is 1. The van der Waals surface area contributed by atoms with E-state index in [1.54, 1.807) is 60.3 Å². The van der Waals surface area contributed by atoms with Crippen LogP contribution in [0.1, 0.15) is 44.8 Å². The maximum Gasteiger partial charge on any atom is 0.338 e. The molecule has 2 heterocycles. The fraction of sp³-hybridized carbons (Fsp3) is 0.182. The third-order valence-electron chi connectivity index (χ3n) is 5.01. The maximum absolute atomic E-state index is 12.4. The summed E-state index contributed by atoms with van der Waals surface area (Å²) in [5, 5.41) is 6.98. The van der Waals surface area contributed by atoms with Crippen molar-refractivity contribution >= 4 is 23.3 Å². The third-order valence-corrected chi connectivity index (χ3v) is 5.01. The fourth-order valence-electron chi connectivity index (χ4n) is 3.27. The van der Waals surface area contributed by atoms with E-state index in [-0.39, 0.29) is 24.2 Å². The van der Waals surface area contributed by atoms with Gasteiger partial charge in [-0.3, -0.25) is 9.59 Å². The molecule has 2 aromatic carbocycles. The third kappa shape index (κ3) is 3.54. The number of hydrogen-bond acceptors (Lipinski definition) is 5. The number of aromatic nitrogens is 2. The second-order valence-electron chi connectivity index (χ2n) is 6.94. The molecule has 1 aliphatic rings. The topological polar surface area (TPSA) is 90.3 Å². The Labute approximate surface area is 167 Å². The van der Waals surface area contributed by atoms with Crippen molar-refractivity contribution in [3.63, 3.8) is 0 Å². The largest absolute Gasteiger partial charge is 0.454 e. The lowest BCUT2D eigenvalue weighted by molar-refractivity contribution is -0.116. The molecular formula is C22H19N3O4. The van der Waals surface area contributed by atoms with Crippen molar-refractivity contribution in [2.75, 3.05) is 11.9 Å². The van der Waals surface area contributed by atoms with E-state index in [0.29, 0.717) is 16.8 Å². The van der Waals surface area contributed by atoms with Crippen LogP contribution in [0, 0.1) is 6.92 Å². The van der Waals surface area contributed by atoms with Gasteiger partial charge in [-0.1, -0.05) is 0 Å². The lowest BCUT2D eigenvalue weighted by Crippen LogP contribution is -2.14. The van der Waals surface area contributed by atoms with Crippen LogP contribution in [0.25, 0.3) is 5.69 Å². The first-order chi connectivity index (χ1) is 13.9. The van der Waals surface area contributed by atoms with Gasteiger partial charge in [-0.25, -0.2) is 9.48 Å². The molecule has 7 nitrogen and oxygen atoms in total. The highest BCUT2D eigenvalue weighted by atomic mass is 16.5. The normalized spacial score (nSPS) is 15.0. The molecule has 0 saturated carbocycles. The van der Waals surface area contributed by atoms with E-state index in [9.17, 15) is 14.4 Å². The number of aryl methyl sites for hydroxylation is 1. The number of carbonyl (C=O) groups excluding carboxylic acids is 3. The molecule has 0 saturated heterocycles. The van der Waals surface area contributed by atoms with Crippen molar-refractivity contribution in [1.29, 1.82) is 0 Å². The molecule has 1 atom stereocenters. The Bertz CT molecular complexity index is 1120. The Kier molecular flexibility index (Phi) is 4.72. The number of nitrogens with one attached hydrogen (secondary N) is 1. The second-order valence-corrected chi connectivity index (χ2v) is 6.94. The van der Waals surface area contributed by atoms with E-state index in [2.05, 4.69) is 10.4 Å². The Morgan fingerprint density at radius 2 is 1.83 bits per heavy atom. The van der Waals surface area contributed by atoms with Crippen LogP contribution in [0.15, 0.2) is 54.7 Å². The molecule has 0 aliphatic carbocycles. The SMILES string of the molecule is Cc1ccnn1-c1ccc(C(=O)OCC(=O)c2ccc3c(c2)[C@H](C)C(=O)N3)cc1. The van der Waals surface area contributed by atoms with E-state index < -0.39 is 5.97 Å². The molecule has 7 heteroatoms. The average molecular weight is 389 g/mol. The molecule has 0 bridgehead atoms. The van der Waals surface area contributed by atoms with Crippen LogP contribution in [0.4, 0.5) is 5.69 Å². The zero-order chi connectivity index (χ0) is 20.5. The number of benzene rings is 2. The Balaban J connectivity index is 1.40. The molecule has 4 rings (SSSR count). The zero-order valence-corrected chi connectivity index (χ0v) is 16.0. The highest BCUT2D eigenvalue weighted by molar-refractivity contribution is 6.05. The van der Waals surface area contributed by atoms with Crippen molar-refractivity contribution in [2.24, 2.45) is 0 Å². The predicted molar refractivity (Wildman–Crippen MR) is 106 cm³/mol. The zero-order valence-electron chi connectivity index (χ0n) is 16.0. The van der Waals surface area contributed by atoms with Crippen molar-refractivity contribution in [1.82, 2.24) is 9.78 Å². The number of carbonyl (C=O) groups is 3. The van der Waals surface area contributed by atoms with Gasteiger partial charge in [-0.05, 0) is 67.9 Å². The highest BCUT2D eigenvalue weighted by Gasteiger charge is 2.27. The van der Waals surface area contributed by atoms with Crippen LogP contribution in [0.5, 0.6) is 0 Å². The minimum atomic E-state index is -0.576. The van der Waals surface area contributed by atoms with E-state index >= 15 is 0 Å². The van der Waals surface area contributed by atoms with Gasteiger partial charge < -0.3 is 10.1 Å². The lowest BCUT2D eigenvalue weighted by Gasteiger charge is -2.08. The summed E-state index contributed by atoms with van der Waals surface area (Å²) in [4.78, 5) is 36.4. The smallest absolute Gasteiger partial charge is 0.338 e. The molecule has 1 aromatic heterocycles. The summed E-state index contributed by atoms with van der Waals surface area (Å²) >= 11 is 0. The first-order valence-electron chi connectivity index (χ1n) is 9.20. The molecular weight excluding hydrogens is 370 g/mol. The van der Waals surface area contributed by atoms with Crippen LogP contribution in [0.3, 0.4) is 0 Å². The molecule has 1 aliphatic heterocycles. The molecule has 0 radical (unpaired) electrons. The van der Waals surface area contributed by atoms with Gasteiger partial charge in [0, 0.05) is 23.1 Å². The molecule has 3 aromatic rings. The summed E-state index contributed by atoms with van der Waals surface area (Å²) in [7, 11) is 0. The molecule has 29 heavy (non-hydrogen) atoms. The second kappa shape index (κ2) is 7.35.